The van der Waals surface area contributed by atoms with Gasteiger partial charge in [0.2, 0.25) is 0 Å². The molecule has 2 heterocycles. The van der Waals surface area contributed by atoms with Crippen molar-refractivity contribution in [2.45, 2.75) is 37.6 Å². The Hall–Kier alpha value is -2.10. The molecule has 4 rings (SSSR count). The van der Waals surface area contributed by atoms with Crippen LogP contribution in [0, 0.1) is 5.92 Å². The summed E-state index contributed by atoms with van der Waals surface area (Å²) >= 11 is 3.27. The third-order valence-corrected chi connectivity index (χ3v) is 8.29. The van der Waals surface area contributed by atoms with Gasteiger partial charge in [-0.05, 0) is 54.7 Å². The van der Waals surface area contributed by atoms with E-state index in [1.807, 2.05) is 0 Å². The number of aromatic nitrogens is 1. The van der Waals surface area contributed by atoms with E-state index in [2.05, 4.69) is 53.7 Å². The van der Waals surface area contributed by atoms with Gasteiger partial charge in [-0.3, -0.25) is 0 Å². The highest BCUT2D eigenvalue weighted by Gasteiger charge is 2.20. The van der Waals surface area contributed by atoms with E-state index in [0.717, 1.165) is 44.9 Å². The number of benzene rings is 2. The number of amidine groups is 1. The highest BCUT2D eigenvalue weighted by atomic mass is 32.2. The predicted molar refractivity (Wildman–Crippen MR) is 137 cm³/mol. The second-order valence-corrected chi connectivity index (χ2v) is 12.5. The van der Waals surface area contributed by atoms with Crippen LogP contribution in [-0.2, 0) is 16.3 Å². The van der Waals surface area contributed by atoms with Crippen molar-refractivity contribution < 1.29 is 8.42 Å². The molecule has 0 bridgehead atoms. The maximum atomic E-state index is 11.7. The number of rotatable bonds is 8. The normalized spacial score (nSPS) is 17.9. The van der Waals surface area contributed by atoms with Crippen LogP contribution in [0.15, 0.2) is 52.4 Å². The zero-order valence-electron chi connectivity index (χ0n) is 18.5. The van der Waals surface area contributed by atoms with E-state index in [0.29, 0.717) is 16.9 Å². The van der Waals surface area contributed by atoms with Crippen LogP contribution in [0.3, 0.4) is 0 Å². The van der Waals surface area contributed by atoms with Crippen molar-refractivity contribution in [3.8, 4) is 0 Å². The average molecular weight is 489 g/mol. The van der Waals surface area contributed by atoms with Crippen molar-refractivity contribution in [2.24, 2.45) is 10.9 Å². The number of aliphatic imine (C=N–C) groups is 1. The summed E-state index contributed by atoms with van der Waals surface area (Å²) in [5.41, 5.74) is 3.00. The molecule has 1 fully saturated rings. The smallest absolute Gasteiger partial charge is 0.183 e. The summed E-state index contributed by atoms with van der Waals surface area (Å²) in [6.07, 6.45) is 3.26. The molecule has 2 N–H and O–H groups in total. The fraction of sp³-hybridized carbons (Fsp3) is 0.391. The minimum absolute atomic E-state index is 0.325. The SMILES string of the molecule is CC(C)C[C@@H]1CS/C(=N\c2ccc(CCNc3nc4ccc(S(C)(=O)=O)cc4s3)cc2)N1. The molecule has 0 amide bonds. The van der Waals surface area contributed by atoms with E-state index in [-0.39, 0.29) is 0 Å². The molecular formula is C23H28N4O2S3. The van der Waals surface area contributed by atoms with Gasteiger partial charge in [0.1, 0.15) is 0 Å². The lowest BCUT2D eigenvalue weighted by Gasteiger charge is -2.11. The third kappa shape index (κ3) is 6.02. The van der Waals surface area contributed by atoms with Crippen molar-refractivity contribution in [1.82, 2.24) is 10.3 Å². The fourth-order valence-corrected chi connectivity index (χ4v) is 6.23. The predicted octanol–water partition coefficient (Wildman–Crippen LogP) is 5.09. The molecule has 2 aromatic carbocycles. The van der Waals surface area contributed by atoms with Crippen LogP contribution < -0.4 is 10.6 Å². The van der Waals surface area contributed by atoms with Crippen LogP contribution >= 0.6 is 23.1 Å². The molecule has 3 aromatic rings. The van der Waals surface area contributed by atoms with E-state index < -0.39 is 9.84 Å². The van der Waals surface area contributed by atoms with Gasteiger partial charge in [-0.25, -0.2) is 18.4 Å². The molecule has 6 nitrogen and oxygen atoms in total. The van der Waals surface area contributed by atoms with E-state index in [4.69, 9.17) is 4.99 Å². The maximum absolute atomic E-state index is 11.7. The van der Waals surface area contributed by atoms with Crippen LogP contribution in [0.5, 0.6) is 0 Å². The third-order valence-electron chi connectivity index (χ3n) is 5.15. The van der Waals surface area contributed by atoms with Crippen molar-refractivity contribution in [3.05, 3.63) is 48.0 Å². The minimum Gasteiger partial charge on any atom is -0.361 e. The Morgan fingerprint density at radius 2 is 2.00 bits per heavy atom. The van der Waals surface area contributed by atoms with E-state index in [9.17, 15) is 8.42 Å². The molecule has 9 heteroatoms. The molecule has 170 valence electrons. The first-order chi connectivity index (χ1) is 15.3. The van der Waals surface area contributed by atoms with Gasteiger partial charge in [0.05, 0.1) is 20.8 Å². The lowest BCUT2D eigenvalue weighted by atomic mass is 10.1. The molecule has 0 saturated carbocycles. The summed E-state index contributed by atoms with van der Waals surface area (Å²) in [4.78, 5) is 9.61. The van der Waals surface area contributed by atoms with E-state index in [1.54, 1.807) is 30.0 Å². The molecule has 1 aliphatic heterocycles. The summed E-state index contributed by atoms with van der Waals surface area (Å²) < 4.78 is 24.4. The highest BCUT2D eigenvalue weighted by Crippen LogP contribution is 2.28. The van der Waals surface area contributed by atoms with Crippen LogP contribution in [0.4, 0.5) is 10.8 Å². The standard InChI is InChI=1S/C23H28N4O2S3/c1-15(2)12-18-14-30-23(26-18)25-17-6-4-16(5-7-17)10-11-24-22-27-20-9-8-19(32(3,28)29)13-21(20)31-22/h4-9,13,15,18H,10-12,14H2,1-3H3,(H,24,27)(H,25,26)/t18-/m1/s1. The molecule has 1 aliphatic rings. The van der Waals surface area contributed by atoms with Gasteiger partial charge >= 0.3 is 0 Å². The van der Waals surface area contributed by atoms with E-state index in [1.165, 1.54) is 29.6 Å². The summed E-state index contributed by atoms with van der Waals surface area (Å²) in [6.45, 7) is 5.25. The second-order valence-electron chi connectivity index (χ2n) is 8.46. The fourth-order valence-electron chi connectivity index (χ4n) is 3.58. The first kappa shape index (κ1) is 23.1. The molecule has 0 aliphatic carbocycles. The van der Waals surface area contributed by atoms with Gasteiger partial charge in [-0.15, -0.1) is 0 Å². The van der Waals surface area contributed by atoms with Gasteiger partial charge in [-0.1, -0.05) is 49.1 Å². The van der Waals surface area contributed by atoms with Crippen molar-refractivity contribution in [2.75, 3.05) is 23.9 Å². The maximum Gasteiger partial charge on any atom is 0.183 e. The molecule has 1 saturated heterocycles. The summed E-state index contributed by atoms with van der Waals surface area (Å²) in [6, 6.07) is 13.9. The molecular weight excluding hydrogens is 460 g/mol. The molecule has 1 aromatic heterocycles. The Kier molecular flexibility index (Phi) is 7.07. The Labute approximate surface area is 197 Å². The number of fused-ring (bicyclic) bond motifs is 1. The van der Waals surface area contributed by atoms with Crippen LogP contribution in [-0.4, -0.2) is 43.2 Å². The number of sulfone groups is 1. The number of hydrogen-bond donors (Lipinski definition) is 2. The zero-order chi connectivity index (χ0) is 22.7. The number of hydrogen-bond acceptors (Lipinski definition) is 7. The van der Waals surface area contributed by atoms with Crippen LogP contribution in [0.25, 0.3) is 10.2 Å². The van der Waals surface area contributed by atoms with Gasteiger partial charge < -0.3 is 10.6 Å². The monoisotopic (exact) mass is 488 g/mol. The highest BCUT2D eigenvalue weighted by molar-refractivity contribution is 8.14. The van der Waals surface area contributed by atoms with Crippen molar-refractivity contribution in [3.63, 3.8) is 0 Å². The quantitative estimate of drug-likeness (QED) is 0.459. The van der Waals surface area contributed by atoms with Gasteiger partial charge in [0, 0.05) is 24.6 Å². The molecule has 32 heavy (non-hydrogen) atoms. The summed E-state index contributed by atoms with van der Waals surface area (Å²) in [5.74, 6) is 1.77. The topological polar surface area (TPSA) is 83.5 Å². The van der Waals surface area contributed by atoms with Crippen LogP contribution in [0.2, 0.25) is 0 Å². The van der Waals surface area contributed by atoms with Crippen molar-refractivity contribution >= 4 is 59.1 Å². The zero-order valence-corrected chi connectivity index (χ0v) is 20.9. The number of anilines is 1. The average Bonchev–Trinajstić information content (AvgIpc) is 3.33. The number of nitrogens with zero attached hydrogens (tertiary/aromatic N) is 2. The summed E-state index contributed by atoms with van der Waals surface area (Å²) in [7, 11) is -3.21. The molecule has 0 spiro atoms. The minimum atomic E-state index is -3.21. The summed E-state index contributed by atoms with van der Waals surface area (Å²) in [5, 5.41) is 8.69. The Bertz CT molecular complexity index is 1220. The Morgan fingerprint density at radius 3 is 2.72 bits per heavy atom. The van der Waals surface area contributed by atoms with Crippen molar-refractivity contribution in [1.29, 1.82) is 0 Å². The van der Waals surface area contributed by atoms with Gasteiger partial charge in [0.25, 0.3) is 0 Å². The largest absolute Gasteiger partial charge is 0.361 e. The molecule has 0 radical (unpaired) electrons. The molecule has 1 atom stereocenters. The Morgan fingerprint density at radius 1 is 1.22 bits per heavy atom. The molecule has 0 unspecified atom stereocenters. The lowest BCUT2D eigenvalue weighted by Crippen LogP contribution is -2.28. The first-order valence-electron chi connectivity index (χ1n) is 10.7. The Balaban J connectivity index is 1.31. The lowest BCUT2D eigenvalue weighted by molar-refractivity contribution is 0.503. The number of thioether (sulfide) groups is 1. The first-order valence-corrected chi connectivity index (χ1v) is 14.4. The van der Waals surface area contributed by atoms with E-state index >= 15 is 0 Å². The second kappa shape index (κ2) is 9.80. The van der Waals surface area contributed by atoms with Gasteiger partial charge in [-0.2, -0.15) is 0 Å². The number of nitrogens with one attached hydrogen (secondary N) is 2. The van der Waals surface area contributed by atoms with Gasteiger partial charge in [0.15, 0.2) is 20.1 Å². The van der Waals surface area contributed by atoms with Crippen LogP contribution in [0.1, 0.15) is 25.8 Å². The number of thiazole rings is 1.